The van der Waals surface area contributed by atoms with Crippen LogP contribution in [0.1, 0.15) is 71.8 Å². The molecule has 2 bridgehead atoms. The van der Waals surface area contributed by atoms with E-state index < -0.39 is 5.72 Å². The number of hydrogen-bond acceptors (Lipinski definition) is 8. The number of hydrogen-bond donors (Lipinski definition) is 1. The third-order valence-electron chi connectivity index (χ3n) is 8.79. The van der Waals surface area contributed by atoms with E-state index in [0.717, 1.165) is 48.8 Å². The van der Waals surface area contributed by atoms with Crippen LogP contribution in [0.15, 0.2) is 18.2 Å². The van der Waals surface area contributed by atoms with E-state index in [4.69, 9.17) is 19.7 Å². The number of carbonyl (C=O) groups excluding carboxylic acids is 1. The quantitative estimate of drug-likeness (QED) is 0.604. The smallest absolute Gasteiger partial charge is 0.276 e. The zero-order chi connectivity index (χ0) is 25.7. The van der Waals surface area contributed by atoms with Gasteiger partial charge in [0.05, 0.1) is 35.3 Å². The predicted molar refractivity (Wildman–Crippen MR) is 132 cm³/mol. The second kappa shape index (κ2) is 7.08. The number of fused-ring (bicyclic) bond motifs is 5. The summed E-state index contributed by atoms with van der Waals surface area (Å²) in [5.74, 6) is 1.13. The van der Waals surface area contributed by atoms with Crippen molar-refractivity contribution in [3.05, 3.63) is 46.2 Å². The number of nitrogens with zero attached hydrogens (tertiary/aromatic N) is 5. The second-order valence-corrected chi connectivity index (χ2v) is 11.4. The maximum Gasteiger partial charge on any atom is 0.276 e. The van der Waals surface area contributed by atoms with E-state index in [2.05, 4.69) is 16.4 Å². The molecule has 0 radical (unpaired) electrons. The van der Waals surface area contributed by atoms with Gasteiger partial charge in [-0.05, 0) is 87.8 Å². The van der Waals surface area contributed by atoms with Gasteiger partial charge in [0, 0.05) is 11.6 Å². The highest BCUT2D eigenvalue weighted by molar-refractivity contribution is 5.99. The first kappa shape index (κ1) is 22.3. The summed E-state index contributed by atoms with van der Waals surface area (Å²) >= 11 is 0. The highest BCUT2D eigenvalue weighted by Gasteiger charge is 2.69. The molecular formula is C28H26N6O3. The van der Waals surface area contributed by atoms with Crippen molar-refractivity contribution in [3.8, 4) is 23.8 Å². The topological polar surface area (TPSA) is 124 Å². The van der Waals surface area contributed by atoms with E-state index in [-0.39, 0.29) is 29.0 Å². The minimum absolute atomic E-state index is 0.0189. The number of ether oxygens (including phenoxy) is 2. The van der Waals surface area contributed by atoms with Crippen LogP contribution in [0.25, 0.3) is 6.08 Å². The number of carbonyl (C=O) groups is 1. The van der Waals surface area contributed by atoms with E-state index in [1.54, 1.807) is 6.08 Å². The number of nitrogens with one attached hydrogen (secondary N) is 1. The molecule has 0 unspecified atom stereocenters. The molecule has 1 aromatic heterocycles. The lowest BCUT2D eigenvalue weighted by Crippen LogP contribution is -2.70. The molecule has 4 aliphatic carbocycles. The van der Waals surface area contributed by atoms with E-state index in [9.17, 15) is 10.1 Å². The Kier molecular flexibility index (Phi) is 4.26. The number of aryl methyl sites for hydroxylation is 2. The van der Waals surface area contributed by atoms with Crippen molar-refractivity contribution in [3.63, 3.8) is 0 Å². The largest absolute Gasteiger partial charge is 0.438 e. The molecule has 3 heterocycles. The van der Waals surface area contributed by atoms with Crippen molar-refractivity contribution in [2.24, 2.45) is 5.41 Å². The van der Waals surface area contributed by atoms with E-state index in [1.807, 2.05) is 43.9 Å². The van der Waals surface area contributed by atoms with Crippen LogP contribution in [0, 0.1) is 41.9 Å². The maximum atomic E-state index is 13.7. The summed E-state index contributed by atoms with van der Waals surface area (Å²) in [4.78, 5) is 25.0. The van der Waals surface area contributed by atoms with Gasteiger partial charge in [0.1, 0.15) is 11.4 Å². The van der Waals surface area contributed by atoms with Crippen molar-refractivity contribution >= 4 is 17.9 Å². The fourth-order valence-electron chi connectivity index (χ4n) is 7.08. The van der Waals surface area contributed by atoms with Gasteiger partial charge < -0.3 is 14.8 Å². The van der Waals surface area contributed by atoms with Crippen LogP contribution in [0.4, 0.5) is 5.95 Å². The van der Waals surface area contributed by atoms with Gasteiger partial charge in [0.15, 0.2) is 5.72 Å². The Hall–Kier alpha value is -3.95. The van der Waals surface area contributed by atoms with Crippen LogP contribution in [0.3, 0.4) is 0 Å². The van der Waals surface area contributed by atoms with Crippen LogP contribution in [-0.4, -0.2) is 38.5 Å². The number of rotatable bonds is 5. The lowest BCUT2D eigenvalue weighted by Gasteiger charge is -2.66. The number of amides is 1. The van der Waals surface area contributed by atoms with Crippen LogP contribution in [0.2, 0.25) is 0 Å². The summed E-state index contributed by atoms with van der Waals surface area (Å²) in [6.45, 7) is 5.80. The number of benzene rings is 1. The Morgan fingerprint density at radius 2 is 1.92 bits per heavy atom. The Morgan fingerprint density at radius 1 is 1.19 bits per heavy atom. The van der Waals surface area contributed by atoms with E-state index >= 15 is 0 Å². The molecule has 186 valence electrons. The lowest BCUT2D eigenvalue weighted by molar-refractivity contribution is -0.0794. The first-order valence-corrected chi connectivity index (χ1v) is 12.7. The summed E-state index contributed by atoms with van der Waals surface area (Å²) in [7, 11) is 0. The summed E-state index contributed by atoms with van der Waals surface area (Å²) in [6, 6.07) is 8.38. The molecule has 8 rings (SSSR count). The Morgan fingerprint density at radius 3 is 2.54 bits per heavy atom. The molecule has 1 N–H and O–H groups in total. The molecule has 9 nitrogen and oxygen atoms in total. The number of nitriles is 2. The Labute approximate surface area is 214 Å². The lowest BCUT2D eigenvalue weighted by atomic mass is 9.40. The second-order valence-electron chi connectivity index (χ2n) is 11.4. The molecule has 2 aliphatic heterocycles. The van der Waals surface area contributed by atoms with E-state index in [0.29, 0.717) is 28.8 Å². The van der Waals surface area contributed by atoms with E-state index in [1.165, 1.54) is 6.08 Å². The minimum atomic E-state index is -0.982. The molecule has 6 aliphatic rings. The molecule has 1 saturated heterocycles. The minimum Gasteiger partial charge on any atom is -0.438 e. The van der Waals surface area contributed by atoms with Gasteiger partial charge >= 0.3 is 0 Å². The molecule has 5 fully saturated rings. The average Bonchev–Trinajstić information content (AvgIpc) is 3.14. The highest BCUT2D eigenvalue weighted by Crippen LogP contribution is 2.68. The van der Waals surface area contributed by atoms with Crippen molar-refractivity contribution in [1.82, 2.24) is 14.9 Å². The molecule has 3 atom stereocenters. The average molecular weight is 495 g/mol. The third-order valence-corrected chi connectivity index (χ3v) is 8.79. The Balaban J connectivity index is 1.31. The van der Waals surface area contributed by atoms with Crippen molar-refractivity contribution < 1.29 is 14.3 Å². The van der Waals surface area contributed by atoms with Gasteiger partial charge in [-0.25, -0.2) is 4.98 Å². The molecule has 2 aromatic rings. The van der Waals surface area contributed by atoms with Crippen molar-refractivity contribution in [2.45, 2.75) is 76.3 Å². The molecule has 37 heavy (non-hydrogen) atoms. The van der Waals surface area contributed by atoms with Gasteiger partial charge in [-0.1, -0.05) is 0 Å². The van der Waals surface area contributed by atoms with Gasteiger partial charge in [-0.15, -0.1) is 0 Å². The highest BCUT2D eigenvalue weighted by atomic mass is 16.6. The molecule has 0 spiro atoms. The zero-order valence-electron chi connectivity index (χ0n) is 21.0. The van der Waals surface area contributed by atoms with Gasteiger partial charge in [-0.3, -0.25) is 9.69 Å². The molecular weight excluding hydrogens is 468 g/mol. The van der Waals surface area contributed by atoms with Gasteiger partial charge in [-0.2, -0.15) is 15.5 Å². The summed E-state index contributed by atoms with van der Waals surface area (Å²) in [5.41, 5.74) is 2.14. The fraction of sp³-hybridized carbons (Fsp3) is 0.464. The monoisotopic (exact) mass is 494 g/mol. The van der Waals surface area contributed by atoms with Crippen LogP contribution in [-0.2, 0) is 10.5 Å². The van der Waals surface area contributed by atoms with Gasteiger partial charge in [0.2, 0.25) is 11.8 Å². The third kappa shape index (κ3) is 2.89. The molecule has 1 amide bonds. The first-order valence-electron chi connectivity index (χ1n) is 12.7. The van der Waals surface area contributed by atoms with Crippen LogP contribution in [0.5, 0.6) is 11.6 Å². The van der Waals surface area contributed by atoms with Crippen LogP contribution < -0.4 is 10.1 Å². The predicted octanol–water partition coefficient (Wildman–Crippen LogP) is 4.47. The zero-order valence-corrected chi connectivity index (χ0v) is 21.0. The fourth-order valence-corrected chi connectivity index (χ4v) is 7.08. The summed E-state index contributed by atoms with van der Waals surface area (Å²) in [5, 5.41) is 21.7. The number of allylic oxidation sites excluding steroid dienone is 1. The first-order chi connectivity index (χ1) is 17.7. The summed E-state index contributed by atoms with van der Waals surface area (Å²) < 4.78 is 13.0. The maximum absolute atomic E-state index is 13.7. The normalized spacial score (nSPS) is 33.9. The van der Waals surface area contributed by atoms with Gasteiger partial charge in [0.25, 0.3) is 5.91 Å². The molecule has 9 heteroatoms. The van der Waals surface area contributed by atoms with Crippen molar-refractivity contribution in [2.75, 3.05) is 5.32 Å². The number of aromatic nitrogens is 2. The molecule has 4 saturated carbocycles. The number of anilines is 1. The molecule has 1 aromatic carbocycles. The Bertz CT molecular complexity index is 1470. The SMILES string of the molecule is Cc1cc(/C=C/C#N)cc(C)c1Oc1nc(NC23CC(C#N)(C2)C3)nc2c1[C@@]1(C)O[C@@H]3CC[C@@H]3N1C2=O. The van der Waals surface area contributed by atoms with Crippen molar-refractivity contribution in [1.29, 1.82) is 10.5 Å². The standard InChI is InChI=1S/C28H26N6O3/c1-15-9-17(5-4-8-29)10-16(2)22(15)36-23-20-21(24(35)34-18-6-7-19(18)37-26(20,34)3)31-25(32-23)33-28-11-27(12-28,13-28)14-30/h4-5,9-10,18-19H,6-7,11-13H2,1-3H3,(H,31,32,33)/b5-4+/t18-,19+,26+,27?,28?/m0/s1. The van der Waals surface area contributed by atoms with Crippen LogP contribution >= 0.6 is 0 Å². The summed E-state index contributed by atoms with van der Waals surface area (Å²) in [6.07, 6.45) is 7.32.